The van der Waals surface area contributed by atoms with Crippen molar-refractivity contribution in [3.63, 3.8) is 0 Å². The van der Waals surface area contributed by atoms with E-state index in [0.717, 1.165) is 19.6 Å². The van der Waals surface area contributed by atoms with Crippen LogP contribution in [0.4, 0.5) is 0 Å². The molecular weight excluding hydrogens is 218 g/mol. The van der Waals surface area contributed by atoms with Crippen LogP contribution < -0.4 is 5.32 Å². The van der Waals surface area contributed by atoms with Crippen molar-refractivity contribution in [1.29, 1.82) is 0 Å². The van der Waals surface area contributed by atoms with Crippen LogP contribution in [0.1, 0.15) is 29.4 Å². The molecule has 0 aliphatic carbocycles. The molecule has 16 heavy (non-hydrogen) atoms. The van der Waals surface area contributed by atoms with E-state index in [0.29, 0.717) is 12.1 Å². The van der Waals surface area contributed by atoms with Crippen LogP contribution in [-0.2, 0) is 6.54 Å². The minimum atomic E-state index is 0.602. The molecule has 0 spiro atoms. The van der Waals surface area contributed by atoms with E-state index in [-0.39, 0.29) is 0 Å². The standard InChI is InChI=1S/C12H21N3S/c1-8-6-15(9(2)5-13-8)7-12-10(3)14-11(4)16-12/h8-9,13H,5-7H2,1-4H3. The Kier molecular flexibility index (Phi) is 3.62. The maximum absolute atomic E-state index is 4.50. The van der Waals surface area contributed by atoms with E-state index in [9.17, 15) is 0 Å². The van der Waals surface area contributed by atoms with Gasteiger partial charge < -0.3 is 5.32 Å². The van der Waals surface area contributed by atoms with Crippen LogP contribution in [0.15, 0.2) is 0 Å². The first-order chi connectivity index (χ1) is 7.56. The third-order valence-corrected chi connectivity index (χ3v) is 4.30. The summed E-state index contributed by atoms with van der Waals surface area (Å²) in [5, 5.41) is 4.70. The summed E-state index contributed by atoms with van der Waals surface area (Å²) in [5.41, 5.74) is 1.21. The van der Waals surface area contributed by atoms with Gasteiger partial charge in [0.15, 0.2) is 0 Å². The van der Waals surface area contributed by atoms with Gasteiger partial charge in [-0.25, -0.2) is 4.98 Å². The Balaban J connectivity index is 2.05. The predicted octanol–water partition coefficient (Wildman–Crippen LogP) is 1.94. The fourth-order valence-electron chi connectivity index (χ4n) is 2.22. The number of rotatable bonds is 2. The molecule has 1 N–H and O–H groups in total. The first-order valence-corrected chi connectivity index (χ1v) is 6.78. The lowest BCUT2D eigenvalue weighted by atomic mass is 10.1. The lowest BCUT2D eigenvalue weighted by molar-refractivity contribution is 0.140. The molecule has 0 radical (unpaired) electrons. The maximum atomic E-state index is 4.50. The number of nitrogens with zero attached hydrogens (tertiary/aromatic N) is 2. The highest BCUT2D eigenvalue weighted by molar-refractivity contribution is 7.11. The number of hydrogen-bond donors (Lipinski definition) is 1. The molecule has 1 aliphatic heterocycles. The first-order valence-electron chi connectivity index (χ1n) is 5.96. The normalized spacial score (nSPS) is 27.2. The Labute approximate surface area is 102 Å². The van der Waals surface area contributed by atoms with Crippen LogP contribution in [0.2, 0.25) is 0 Å². The highest BCUT2D eigenvalue weighted by atomic mass is 32.1. The molecular formula is C12H21N3S. The topological polar surface area (TPSA) is 28.2 Å². The lowest BCUT2D eigenvalue weighted by Crippen LogP contribution is -2.53. The van der Waals surface area contributed by atoms with Gasteiger partial charge in [-0.05, 0) is 27.7 Å². The first kappa shape index (κ1) is 12.0. The van der Waals surface area contributed by atoms with E-state index in [1.165, 1.54) is 15.6 Å². The minimum absolute atomic E-state index is 0.602. The molecule has 1 saturated heterocycles. The van der Waals surface area contributed by atoms with E-state index in [2.05, 4.69) is 42.9 Å². The van der Waals surface area contributed by atoms with E-state index in [1.54, 1.807) is 0 Å². The number of piperazine rings is 1. The molecule has 2 unspecified atom stereocenters. The third-order valence-electron chi connectivity index (χ3n) is 3.24. The molecule has 4 heteroatoms. The zero-order valence-electron chi connectivity index (χ0n) is 10.6. The third kappa shape index (κ3) is 2.62. The van der Waals surface area contributed by atoms with Crippen LogP contribution in [0, 0.1) is 13.8 Å². The van der Waals surface area contributed by atoms with Gasteiger partial charge in [-0.2, -0.15) is 0 Å². The van der Waals surface area contributed by atoms with Crippen LogP contribution in [0.5, 0.6) is 0 Å². The summed E-state index contributed by atoms with van der Waals surface area (Å²) in [4.78, 5) is 8.48. The summed E-state index contributed by atoms with van der Waals surface area (Å²) in [7, 11) is 0. The molecule has 0 bridgehead atoms. The van der Waals surface area contributed by atoms with Gasteiger partial charge in [0.05, 0.1) is 10.7 Å². The van der Waals surface area contributed by atoms with Crippen LogP contribution in [0.3, 0.4) is 0 Å². The molecule has 2 heterocycles. The Morgan fingerprint density at radius 1 is 1.44 bits per heavy atom. The number of thiazole rings is 1. The summed E-state index contributed by atoms with van der Waals surface area (Å²) >= 11 is 1.84. The average Bonchev–Trinajstić information content (AvgIpc) is 2.51. The fourth-order valence-corrected chi connectivity index (χ4v) is 3.19. The van der Waals surface area contributed by atoms with Gasteiger partial charge in [-0.1, -0.05) is 0 Å². The molecule has 2 atom stereocenters. The molecule has 1 aromatic rings. The fraction of sp³-hybridized carbons (Fsp3) is 0.750. The smallest absolute Gasteiger partial charge is 0.0900 e. The number of aryl methyl sites for hydroxylation is 2. The van der Waals surface area contributed by atoms with E-state index < -0.39 is 0 Å². The number of nitrogens with one attached hydrogen (secondary N) is 1. The van der Waals surface area contributed by atoms with Gasteiger partial charge in [-0.3, -0.25) is 4.90 Å². The van der Waals surface area contributed by atoms with Crippen molar-refractivity contribution in [1.82, 2.24) is 15.2 Å². The quantitative estimate of drug-likeness (QED) is 0.855. The van der Waals surface area contributed by atoms with Crippen molar-refractivity contribution in [2.45, 2.75) is 46.3 Å². The van der Waals surface area contributed by atoms with Crippen LogP contribution in [0.25, 0.3) is 0 Å². The number of hydrogen-bond acceptors (Lipinski definition) is 4. The van der Waals surface area contributed by atoms with Gasteiger partial charge in [0.1, 0.15) is 0 Å². The molecule has 0 amide bonds. The van der Waals surface area contributed by atoms with Crippen molar-refractivity contribution in [2.75, 3.05) is 13.1 Å². The second-order valence-electron chi connectivity index (χ2n) is 4.83. The van der Waals surface area contributed by atoms with Crippen molar-refractivity contribution in [3.05, 3.63) is 15.6 Å². The zero-order valence-corrected chi connectivity index (χ0v) is 11.4. The summed E-state index contributed by atoms with van der Waals surface area (Å²) in [5.74, 6) is 0. The van der Waals surface area contributed by atoms with E-state index >= 15 is 0 Å². The lowest BCUT2D eigenvalue weighted by Gasteiger charge is -2.37. The molecule has 1 aromatic heterocycles. The monoisotopic (exact) mass is 239 g/mol. The molecule has 3 nitrogen and oxygen atoms in total. The molecule has 2 rings (SSSR count). The Morgan fingerprint density at radius 2 is 2.19 bits per heavy atom. The summed E-state index contributed by atoms with van der Waals surface area (Å²) < 4.78 is 0. The Hall–Kier alpha value is -0.450. The second-order valence-corrected chi connectivity index (χ2v) is 6.12. The second kappa shape index (κ2) is 4.82. The maximum Gasteiger partial charge on any atom is 0.0900 e. The predicted molar refractivity (Wildman–Crippen MR) is 68.9 cm³/mol. The Morgan fingerprint density at radius 3 is 2.81 bits per heavy atom. The van der Waals surface area contributed by atoms with Crippen molar-refractivity contribution >= 4 is 11.3 Å². The molecule has 90 valence electrons. The molecule has 0 aromatic carbocycles. The van der Waals surface area contributed by atoms with Crippen molar-refractivity contribution < 1.29 is 0 Å². The Bertz CT molecular complexity index is 361. The SMILES string of the molecule is Cc1nc(C)c(CN2CC(C)NCC2C)s1. The summed E-state index contributed by atoms with van der Waals surface area (Å²) in [6.45, 7) is 12.0. The molecule has 1 aliphatic rings. The van der Waals surface area contributed by atoms with Gasteiger partial charge in [0, 0.05) is 36.6 Å². The van der Waals surface area contributed by atoms with Gasteiger partial charge in [0.2, 0.25) is 0 Å². The highest BCUT2D eigenvalue weighted by Gasteiger charge is 2.23. The van der Waals surface area contributed by atoms with E-state index in [1.807, 2.05) is 11.3 Å². The largest absolute Gasteiger partial charge is 0.311 e. The molecule has 0 saturated carbocycles. The number of aromatic nitrogens is 1. The minimum Gasteiger partial charge on any atom is -0.311 e. The average molecular weight is 239 g/mol. The van der Waals surface area contributed by atoms with Crippen molar-refractivity contribution in [2.24, 2.45) is 0 Å². The van der Waals surface area contributed by atoms with Crippen LogP contribution >= 0.6 is 11.3 Å². The van der Waals surface area contributed by atoms with Gasteiger partial charge in [0.25, 0.3) is 0 Å². The van der Waals surface area contributed by atoms with Crippen molar-refractivity contribution in [3.8, 4) is 0 Å². The highest BCUT2D eigenvalue weighted by Crippen LogP contribution is 2.21. The zero-order chi connectivity index (χ0) is 11.7. The van der Waals surface area contributed by atoms with Gasteiger partial charge >= 0.3 is 0 Å². The molecule has 1 fully saturated rings. The summed E-state index contributed by atoms with van der Waals surface area (Å²) in [6, 6.07) is 1.23. The van der Waals surface area contributed by atoms with Gasteiger partial charge in [-0.15, -0.1) is 11.3 Å². The van der Waals surface area contributed by atoms with Crippen LogP contribution in [-0.4, -0.2) is 35.1 Å². The summed E-state index contributed by atoms with van der Waals surface area (Å²) in [6.07, 6.45) is 0. The van der Waals surface area contributed by atoms with E-state index in [4.69, 9.17) is 0 Å².